The van der Waals surface area contributed by atoms with E-state index in [4.69, 9.17) is 0 Å². The number of benzene rings is 4. The minimum absolute atomic E-state index is 1.28. The van der Waals surface area contributed by atoms with E-state index in [9.17, 15) is 0 Å². The summed E-state index contributed by atoms with van der Waals surface area (Å²) in [7, 11) is 0. The maximum atomic E-state index is 2.42. The summed E-state index contributed by atoms with van der Waals surface area (Å²) in [6.07, 6.45) is 0. The first-order valence-corrected chi connectivity index (χ1v) is 22.2. The van der Waals surface area contributed by atoms with Gasteiger partial charge in [-0.25, -0.2) is 0 Å². The molecule has 0 nitrogen and oxygen atoms in total. The van der Waals surface area contributed by atoms with E-state index in [1.54, 1.807) is 8.81 Å². The molecule has 0 aromatic heterocycles. The van der Waals surface area contributed by atoms with E-state index >= 15 is 0 Å². The van der Waals surface area contributed by atoms with E-state index in [2.05, 4.69) is 149 Å². The predicted molar refractivity (Wildman–Crippen MR) is 173 cm³/mol. The summed E-state index contributed by atoms with van der Waals surface area (Å²) in [5, 5.41) is 5.13. The molecule has 2 heteroatoms. The van der Waals surface area contributed by atoms with Gasteiger partial charge in [0.2, 0.25) is 0 Å². The molecule has 0 spiro atoms. The van der Waals surface area contributed by atoms with Gasteiger partial charge in [0, 0.05) is 0 Å². The fourth-order valence-corrected chi connectivity index (χ4v) is 15.6. The van der Waals surface area contributed by atoms with Crippen LogP contribution in [0.2, 0.25) is 21.0 Å². The Balaban J connectivity index is 2.27. The topological polar surface area (TPSA) is 0 Å². The Kier molecular flexibility index (Phi) is 10.9. The molecule has 0 saturated heterocycles. The number of allylic oxidation sites excluding steroid dienone is 2. The zero-order valence-corrected chi connectivity index (χ0v) is 27.6. The monoisotopic (exact) mass is 620 g/mol. The average molecular weight is 618 g/mol. The predicted octanol–water partition coefficient (Wildman–Crippen LogP) is 10.4. The molecule has 0 saturated carbocycles. The van der Waals surface area contributed by atoms with Crippen LogP contribution in [0.3, 0.4) is 0 Å². The van der Waals surface area contributed by atoms with Gasteiger partial charge in [0.1, 0.15) is 0 Å². The SMILES string of the molecule is C[CH2][Ge]([CH2]C)/[C](=C(\C(=[C](\c1ccccc1)[Ge]([CH2]C)[CH2]C)c1ccccc1)c1ccccc1)c1ccccc1. The van der Waals surface area contributed by atoms with Crippen LogP contribution in [0.4, 0.5) is 0 Å². The molecule has 4 aromatic carbocycles. The standard InChI is InChI=1S/C36H40Ge2/c1-5-37(6-2)35(31-25-17-11-18-26-31)33(29-21-13-9-14-22-29)34(30-23-15-10-16-24-30)36(38(7-3)8-4)32-27-19-12-20-28-32/h9-28H,5-8H2,1-4H3/b35-33-,36-34-. The van der Waals surface area contributed by atoms with Gasteiger partial charge in [0.05, 0.1) is 0 Å². The fraction of sp³-hybridized carbons (Fsp3) is 0.222. The molecule has 0 heterocycles. The molecule has 0 fully saturated rings. The Bertz CT molecular complexity index is 1210. The Labute approximate surface area is 239 Å². The average Bonchev–Trinajstić information content (AvgIpc) is 3.00. The van der Waals surface area contributed by atoms with Gasteiger partial charge in [0.15, 0.2) is 0 Å². The van der Waals surface area contributed by atoms with E-state index < -0.39 is 28.7 Å². The van der Waals surface area contributed by atoms with Gasteiger partial charge in [-0.1, -0.05) is 0 Å². The van der Waals surface area contributed by atoms with Crippen LogP contribution in [0.15, 0.2) is 121 Å². The molecule has 2 radical (unpaired) electrons. The summed E-state index contributed by atoms with van der Waals surface area (Å²) in [6.45, 7) is 9.69. The van der Waals surface area contributed by atoms with Crippen molar-refractivity contribution in [1.29, 1.82) is 0 Å². The maximum absolute atomic E-state index is 2.42. The van der Waals surface area contributed by atoms with Gasteiger partial charge in [-0.2, -0.15) is 0 Å². The molecule has 0 aliphatic heterocycles. The first-order chi connectivity index (χ1) is 18.7. The molecule has 192 valence electrons. The fourth-order valence-electron chi connectivity index (χ4n) is 5.50. The van der Waals surface area contributed by atoms with Crippen LogP contribution in [0.1, 0.15) is 49.9 Å². The first kappa shape index (κ1) is 28.5. The third-order valence-corrected chi connectivity index (χ3v) is 19.8. The van der Waals surface area contributed by atoms with Gasteiger partial charge < -0.3 is 0 Å². The van der Waals surface area contributed by atoms with Crippen LogP contribution >= 0.6 is 0 Å². The third kappa shape index (κ3) is 6.53. The molecule has 0 amide bonds. The molecule has 0 aliphatic carbocycles. The van der Waals surface area contributed by atoms with Crippen molar-refractivity contribution >= 4 is 48.7 Å². The van der Waals surface area contributed by atoms with Crippen molar-refractivity contribution in [2.45, 2.75) is 48.7 Å². The number of hydrogen-bond donors (Lipinski definition) is 0. The molecule has 0 bridgehead atoms. The second kappa shape index (κ2) is 14.6. The summed E-state index contributed by atoms with van der Waals surface area (Å²) < 4.78 is 3.30. The number of rotatable bonds is 11. The van der Waals surface area contributed by atoms with Crippen molar-refractivity contribution in [3.63, 3.8) is 0 Å². The van der Waals surface area contributed by atoms with Crippen LogP contribution in [-0.4, -0.2) is 28.7 Å². The van der Waals surface area contributed by atoms with Crippen molar-refractivity contribution in [3.05, 3.63) is 144 Å². The Morgan fingerprint density at radius 1 is 0.368 bits per heavy atom. The Morgan fingerprint density at radius 2 is 0.605 bits per heavy atom. The summed E-state index contributed by atoms with van der Waals surface area (Å²) in [5.74, 6) is 0. The quantitative estimate of drug-likeness (QED) is 0.0892. The normalized spacial score (nSPS) is 12.9. The second-order valence-electron chi connectivity index (χ2n) is 9.59. The molecule has 0 aliphatic rings. The van der Waals surface area contributed by atoms with E-state index in [0.717, 1.165) is 0 Å². The van der Waals surface area contributed by atoms with Gasteiger partial charge >= 0.3 is 241 Å². The van der Waals surface area contributed by atoms with E-state index in [1.165, 1.54) is 54.4 Å². The summed E-state index contributed by atoms with van der Waals surface area (Å²) in [5.41, 5.74) is 8.53. The van der Waals surface area contributed by atoms with Crippen molar-refractivity contribution in [1.82, 2.24) is 0 Å². The number of hydrogen-bond acceptors (Lipinski definition) is 0. The van der Waals surface area contributed by atoms with Crippen LogP contribution < -0.4 is 0 Å². The molecule has 0 unspecified atom stereocenters. The van der Waals surface area contributed by atoms with Gasteiger partial charge in [0.25, 0.3) is 0 Å². The molecule has 38 heavy (non-hydrogen) atoms. The van der Waals surface area contributed by atoms with Crippen LogP contribution in [0.5, 0.6) is 0 Å². The van der Waals surface area contributed by atoms with E-state index in [0.29, 0.717) is 0 Å². The van der Waals surface area contributed by atoms with Gasteiger partial charge in [-0.15, -0.1) is 0 Å². The van der Waals surface area contributed by atoms with E-state index in [1.807, 2.05) is 0 Å². The molecule has 0 N–H and O–H groups in total. The van der Waals surface area contributed by atoms with Gasteiger partial charge in [-0.05, 0) is 0 Å². The van der Waals surface area contributed by atoms with Crippen LogP contribution in [-0.2, 0) is 0 Å². The van der Waals surface area contributed by atoms with Crippen molar-refractivity contribution in [2.75, 3.05) is 0 Å². The van der Waals surface area contributed by atoms with Crippen LogP contribution in [0.25, 0.3) is 20.0 Å². The molecular formula is C36H40Ge2. The molecule has 4 aromatic rings. The van der Waals surface area contributed by atoms with Gasteiger partial charge in [-0.3, -0.25) is 0 Å². The zero-order valence-electron chi connectivity index (χ0n) is 23.4. The minimum atomic E-state index is -1.61. The van der Waals surface area contributed by atoms with Crippen molar-refractivity contribution in [2.24, 2.45) is 0 Å². The summed E-state index contributed by atoms with van der Waals surface area (Å²) >= 11 is -3.21. The van der Waals surface area contributed by atoms with Crippen LogP contribution in [0, 0.1) is 0 Å². The second-order valence-corrected chi connectivity index (χ2v) is 22.7. The third-order valence-electron chi connectivity index (χ3n) is 7.41. The zero-order chi connectivity index (χ0) is 26.7. The van der Waals surface area contributed by atoms with Crippen molar-refractivity contribution < 1.29 is 0 Å². The first-order valence-electron chi connectivity index (χ1n) is 14.1. The molecule has 0 atom stereocenters. The molecular weight excluding hydrogens is 578 g/mol. The van der Waals surface area contributed by atoms with Crippen molar-refractivity contribution in [3.8, 4) is 0 Å². The molecule has 4 rings (SSSR count). The summed E-state index contributed by atoms with van der Waals surface area (Å²) in [6, 6.07) is 45.2. The van der Waals surface area contributed by atoms with E-state index in [-0.39, 0.29) is 0 Å². The Hall–Kier alpha value is -2.55. The summed E-state index contributed by atoms with van der Waals surface area (Å²) in [4.78, 5) is 0. The Morgan fingerprint density at radius 3 is 0.842 bits per heavy atom.